The molecule has 0 unspecified atom stereocenters. The minimum atomic E-state index is -4.46. The van der Waals surface area contributed by atoms with Gasteiger partial charge in [0.2, 0.25) is 5.91 Å². The number of aliphatic hydroxyl groups is 1. The minimum absolute atomic E-state index is 0.0736. The molecular weight excluding hydrogens is 361 g/mol. The van der Waals surface area contributed by atoms with E-state index in [1.165, 1.54) is 7.11 Å². The van der Waals surface area contributed by atoms with Crippen molar-refractivity contribution in [2.45, 2.75) is 26.4 Å². The third-order valence-electron chi connectivity index (χ3n) is 3.43. The fourth-order valence-electron chi connectivity index (χ4n) is 2.19. The molecule has 6 nitrogen and oxygen atoms in total. The van der Waals surface area contributed by atoms with Gasteiger partial charge in [-0.1, -0.05) is 0 Å². The van der Waals surface area contributed by atoms with Crippen LogP contribution < -0.4 is 5.32 Å². The third-order valence-corrected chi connectivity index (χ3v) is 4.55. The van der Waals surface area contributed by atoms with Crippen LogP contribution in [0.3, 0.4) is 0 Å². The molecule has 10 heteroatoms. The van der Waals surface area contributed by atoms with Gasteiger partial charge in [-0.25, -0.2) is 4.79 Å². The van der Waals surface area contributed by atoms with Crippen LogP contribution in [-0.2, 0) is 9.53 Å². The van der Waals surface area contributed by atoms with E-state index < -0.39 is 31.1 Å². The first-order valence-electron chi connectivity index (χ1n) is 7.47. The maximum absolute atomic E-state index is 12.6. The lowest BCUT2D eigenvalue weighted by molar-refractivity contribution is -0.148. The Morgan fingerprint density at radius 3 is 2.48 bits per heavy atom. The van der Waals surface area contributed by atoms with Gasteiger partial charge >= 0.3 is 12.1 Å². The highest BCUT2D eigenvalue weighted by Crippen LogP contribution is 2.33. The first-order chi connectivity index (χ1) is 11.6. The monoisotopic (exact) mass is 382 g/mol. The summed E-state index contributed by atoms with van der Waals surface area (Å²) in [5.41, 5.74) is 0.857. The fourth-order valence-corrected chi connectivity index (χ4v) is 3.26. The number of ether oxygens (including phenoxy) is 1. The molecule has 1 rings (SSSR count). The summed E-state index contributed by atoms with van der Waals surface area (Å²) in [7, 11) is 1.21. The number of anilines is 1. The number of carbonyl (C=O) groups excluding carboxylic acids is 2. The molecule has 1 aromatic rings. The smallest absolute Gasteiger partial charge is 0.401 e. The van der Waals surface area contributed by atoms with E-state index >= 15 is 0 Å². The Bertz CT molecular complexity index is 617. The van der Waals surface area contributed by atoms with Gasteiger partial charge < -0.3 is 15.2 Å². The van der Waals surface area contributed by atoms with Crippen molar-refractivity contribution in [1.29, 1.82) is 0 Å². The number of amides is 1. The molecule has 0 aromatic carbocycles. The van der Waals surface area contributed by atoms with Gasteiger partial charge in [0, 0.05) is 18.0 Å². The van der Waals surface area contributed by atoms with Crippen LogP contribution in [0.5, 0.6) is 0 Å². The molecule has 0 atom stereocenters. The number of thiophene rings is 1. The number of aliphatic hydroxyl groups excluding tert-OH is 1. The van der Waals surface area contributed by atoms with Gasteiger partial charge in [-0.05, 0) is 25.8 Å². The highest BCUT2D eigenvalue weighted by Gasteiger charge is 2.31. The lowest BCUT2D eigenvalue weighted by atomic mass is 10.1. The molecule has 25 heavy (non-hydrogen) atoms. The summed E-state index contributed by atoms with van der Waals surface area (Å²) < 4.78 is 42.4. The van der Waals surface area contributed by atoms with Crippen molar-refractivity contribution >= 4 is 28.2 Å². The van der Waals surface area contributed by atoms with Crippen molar-refractivity contribution in [1.82, 2.24) is 4.90 Å². The Kier molecular flexibility index (Phi) is 7.84. The molecule has 2 N–H and O–H groups in total. The lowest BCUT2D eigenvalue weighted by Gasteiger charge is -2.22. The quantitative estimate of drug-likeness (QED) is 0.675. The predicted octanol–water partition coefficient (Wildman–Crippen LogP) is 2.34. The first kappa shape index (κ1) is 21.4. The van der Waals surface area contributed by atoms with Crippen LogP contribution >= 0.6 is 11.3 Å². The average Bonchev–Trinajstić information content (AvgIpc) is 2.77. The van der Waals surface area contributed by atoms with Crippen molar-refractivity contribution in [2.75, 3.05) is 38.7 Å². The summed E-state index contributed by atoms with van der Waals surface area (Å²) in [5.74, 6) is -1.29. The van der Waals surface area contributed by atoms with Crippen molar-refractivity contribution in [3.05, 3.63) is 16.0 Å². The number of aryl methyl sites for hydroxylation is 1. The van der Waals surface area contributed by atoms with Crippen LogP contribution in [0, 0.1) is 13.8 Å². The van der Waals surface area contributed by atoms with Crippen LogP contribution in [0.2, 0.25) is 0 Å². The highest BCUT2D eigenvalue weighted by molar-refractivity contribution is 7.16. The number of halogens is 3. The molecule has 1 amide bonds. The van der Waals surface area contributed by atoms with Gasteiger partial charge in [0.15, 0.2) is 0 Å². The number of nitrogens with one attached hydrogen (secondary N) is 1. The van der Waals surface area contributed by atoms with Crippen molar-refractivity contribution in [2.24, 2.45) is 0 Å². The zero-order valence-electron chi connectivity index (χ0n) is 14.2. The first-order valence-corrected chi connectivity index (χ1v) is 8.28. The topological polar surface area (TPSA) is 78.9 Å². The van der Waals surface area contributed by atoms with Gasteiger partial charge in [-0.3, -0.25) is 9.69 Å². The van der Waals surface area contributed by atoms with E-state index in [2.05, 4.69) is 10.1 Å². The number of hydrogen-bond acceptors (Lipinski definition) is 6. The molecular formula is C15H21F3N2O4S. The molecule has 0 saturated carbocycles. The van der Waals surface area contributed by atoms with E-state index in [4.69, 9.17) is 5.11 Å². The summed E-state index contributed by atoms with van der Waals surface area (Å²) in [4.78, 5) is 25.7. The summed E-state index contributed by atoms with van der Waals surface area (Å²) in [6, 6.07) is 0. The number of esters is 1. The third kappa shape index (κ3) is 6.63. The Labute approximate surface area is 147 Å². The number of rotatable bonds is 8. The second kappa shape index (κ2) is 9.16. The van der Waals surface area contributed by atoms with E-state index in [0.29, 0.717) is 5.56 Å². The van der Waals surface area contributed by atoms with E-state index in [1.54, 1.807) is 13.8 Å². The molecule has 0 bridgehead atoms. The van der Waals surface area contributed by atoms with Gasteiger partial charge in [0.1, 0.15) is 5.00 Å². The molecule has 0 aliphatic carbocycles. The Morgan fingerprint density at radius 1 is 1.32 bits per heavy atom. The van der Waals surface area contributed by atoms with Crippen molar-refractivity contribution in [3.8, 4) is 0 Å². The summed E-state index contributed by atoms with van der Waals surface area (Å²) in [5, 5.41) is 11.5. The standard InChI is InChI=1S/C15H21F3N2O4S/c1-9-10(2)25-13(12(9)14(23)24-3)19-11(22)7-20(5-4-6-21)8-15(16,17)18/h21H,4-8H2,1-3H3,(H,19,22). The van der Waals surface area contributed by atoms with Crippen molar-refractivity contribution in [3.63, 3.8) is 0 Å². The Balaban J connectivity index is 2.86. The average molecular weight is 382 g/mol. The lowest BCUT2D eigenvalue weighted by Crippen LogP contribution is -2.40. The molecule has 0 spiro atoms. The fraction of sp³-hybridized carbons (Fsp3) is 0.600. The van der Waals surface area contributed by atoms with E-state index in [9.17, 15) is 22.8 Å². The molecule has 0 fully saturated rings. The van der Waals surface area contributed by atoms with Crippen molar-refractivity contribution < 1.29 is 32.6 Å². The van der Waals surface area contributed by atoms with Crippen LogP contribution in [0.1, 0.15) is 27.2 Å². The second-order valence-electron chi connectivity index (χ2n) is 5.43. The minimum Gasteiger partial charge on any atom is -0.465 e. The van der Waals surface area contributed by atoms with Crippen LogP contribution in [0.15, 0.2) is 0 Å². The summed E-state index contributed by atoms with van der Waals surface area (Å²) in [6.07, 6.45) is -4.34. The number of methoxy groups -OCH3 is 1. The molecule has 0 saturated heterocycles. The molecule has 1 aromatic heterocycles. The molecule has 0 radical (unpaired) electrons. The Morgan fingerprint density at radius 2 is 1.96 bits per heavy atom. The zero-order chi connectivity index (χ0) is 19.2. The number of alkyl halides is 3. The number of hydrogen-bond donors (Lipinski definition) is 2. The van der Waals surface area contributed by atoms with E-state index in [1.807, 2.05) is 0 Å². The normalized spacial score (nSPS) is 11.7. The molecule has 1 heterocycles. The van der Waals surface area contributed by atoms with Gasteiger partial charge in [0.25, 0.3) is 0 Å². The number of carbonyl (C=O) groups is 2. The van der Waals surface area contributed by atoms with Crippen LogP contribution in [0.25, 0.3) is 0 Å². The van der Waals surface area contributed by atoms with E-state index in [-0.39, 0.29) is 30.1 Å². The summed E-state index contributed by atoms with van der Waals surface area (Å²) in [6.45, 7) is 1.36. The molecule has 142 valence electrons. The van der Waals surface area contributed by atoms with Crippen LogP contribution in [-0.4, -0.2) is 61.4 Å². The SMILES string of the molecule is COC(=O)c1c(NC(=O)CN(CCCO)CC(F)(F)F)sc(C)c1C. The van der Waals surface area contributed by atoms with Gasteiger partial charge in [0.05, 0.1) is 25.8 Å². The second-order valence-corrected chi connectivity index (χ2v) is 6.65. The van der Waals surface area contributed by atoms with Gasteiger partial charge in [-0.15, -0.1) is 11.3 Å². The number of nitrogens with zero attached hydrogens (tertiary/aromatic N) is 1. The predicted molar refractivity (Wildman–Crippen MR) is 88.0 cm³/mol. The molecule has 0 aliphatic heterocycles. The Hall–Kier alpha value is -1.65. The summed E-state index contributed by atoms with van der Waals surface area (Å²) >= 11 is 1.16. The van der Waals surface area contributed by atoms with Crippen LogP contribution in [0.4, 0.5) is 18.2 Å². The maximum atomic E-state index is 12.6. The molecule has 0 aliphatic rings. The zero-order valence-corrected chi connectivity index (χ0v) is 15.0. The van der Waals surface area contributed by atoms with Gasteiger partial charge in [-0.2, -0.15) is 13.2 Å². The maximum Gasteiger partial charge on any atom is 0.401 e. The largest absolute Gasteiger partial charge is 0.465 e. The van der Waals surface area contributed by atoms with E-state index in [0.717, 1.165) is 21.1 Å². The highest BCUT2D eigenvalue weighted by atomic mass is 32.1.